The Hall–Kier alpha value is -2.69. The molecule has 0 aromatic heterocycles. The Balaban J connectivity index is 1.72. The third kappa shape index (κ3) is 3.62. The van der Waals surface area contributed by atoms with Gasteiger partial charge in [0.2, 0.25) is 5.91 Å². The van der Waals surface area contributed by atoms with Gasteiger partial charge in [-0.25, -0.2) is 4.39 Å². The molecule has 0 radical (unpaired) electrons. The van der Waals surface area contributed by atoms with Gasteiger partial charge in [0.05, 0.1) is 5.41 Å². The van der Waals surface area contributed by atoms with Crippen molar-refractivity contribution >= 4 is 17.5 Å². The molecule has 136 valence electrons. The fraction of sp³-hybridized carbons (Fsp3) is 0.333. The first-order valence-corrected chi connectivity index (χ1v) is 8.89. The van der Waals surface area contributed by atoms with Crippen LogP contribution in [0.4, 0.5) is 10.1 Å². The molecule has 2 amide bonds. The first kappa shape index (κ1) is 18.1. The highest BCUT2D eigenvalue weighted by Crippen LogP contribution is 2.44. The molecule has 0 spiro atoms. The Bertz CT molecular complexity index is 794. The molecule has 0 aliphatic heterocycles. The minimum atomic E-state index is -0.596. The van der Waals surface area contributed by atoms with Crippen LogP contribution in [0.15, 0.2) is 48.5 Å². The lowest BCUT2D eigenvalue weighted by Gasteiger charge is -2.40. The normalized spacial score (nSPS) is 15.2. The van der Waals surface area contributed by atoms with Crippen molar-refractivity contribution in [3.63, 3.8) is 0 Å². The van der Waals surface area contributed by atoms with Crippen LogP contribution >= 0.6 is 0 Å². The second-order valence-corrected chi connectivity index (χ2v) is 7.10. The van der Waals surface area contributed by atoms with Crippen LogP contribution in [0.3, 0.4) is 0 Å². The molecule has 0 atom stereocenters. The van der Waals surface area contributed by atoms with Crippen molar-refractivity contribution in [1.82, 2.24) is 5.32 Å². The summed E-state index contributed by atoms with van der Waals surface area (Å²) in [5, 5.41) is 5.77. The maximum atomic E-state index is 13.2. The first-order valence-electron chi connectivity index (χ1n) is 8.89. The molecular formula is C21H23FN2O2. The van der Waals surface area contributed by atoms with Crippen LogP contribution in [-0.4, -0.2) is 17.9 Å². The summed E-state index contributed by atoms with van der Waals surface area (Å²) < 4.78 is 13.2. The van der Waals surface area contributed by atoms with Gasteiger partial charge in [0.25, 0.3) is 5.91 Å². The van der Waals surface area contributed by atoms with Gasteiger partial charge in [-0.2, -0.15) is 0 Å². The predicted octanol–water partition coefficient (Wildman–Crippen LogP) is 4.02. The molecule has 2 N–H and O–H groups in total. The zero-order chi connectivity index (χ0) is 18.7. The molecule has 0 saturated heterocycles. The van der Waals surface area contributed by atoms with E-state index in [2.05, 4.69) is 10.6 Å². The van der Waals surface area contributed by atoms with Crippen molar-refractivity contribution in [2.24, 2.45) is 0 Å². The van der Waals surface area contributed by atoms with Crippen molar-refractivity contribution in [1.29, 1.82) is 0 Å². The number of benzene rings is 2. The molecule has 1 saturated carbocycles. The number of hydrogen-bond acceptors (Lipinski definition) is 2. The number of nitrogens with one attached hydrogen (secondary N) is 2. The lowest BCUT2D eigenvalue weighted by atomic mass is 9.64. The van der Waals surface area contributed by atoms with E-state index in [-0.39, 0.29) is 23.7 Å². The summed E-state index contributed by atoms with van der Waals surface area (Å²) in [5.74, 6) is -0.534. The first-order chi connectivity index (χ1) is 12.4. The van der Waals surface area contributed by atoms with Gasteiger partial charge in [-0.05, 0) is 68.7 Å². The average Bonchev–Trinajstić information content (AvgIpc) is 2.55. The van der Waals surface area contributed by atoms with E-state index in [0.29, 0.717) is 11.3 Å². The fourth-order valence-electron chi connectivity index (χ4n) is 3.25. The van der Waals surface area contributed by atoms with Crippen molar-refractivity contribution < 1.29 is 14.0 Å². The summed E-state index contributed by atoms with van der Waals surface area (Å²) >= 11 is 0. The van der Waals surface area contributed by atoms with E-state index in [1.165, 1.54) is 12.1 Å². The predicted molar refractivity (Wildman–Crippen MR) is 99.6 cm³/mol. The van der Waals surface area contributed by atoms with Crippen LogP contribution < -0.4 is 10.6 Å². The Morgan fingerprint density at radius 1 is 1.00 bits per heavy atom. The van der Waals surface area contributed by atoms with Crippen LogP contribution in [0.2, 0.25) is 0 Å². The van der Waals surface area contributed by atoms with Gasteiger partial charge in [-0.1, -0.05) is 18.6 Å². The minimum Gasteiger partial charge on any atom is -0.350 e. The van der Waals surface area contributed by atoms with Gasteiger partial charge in [0.1, 0.15) is 5.82 Å². The van der Waals surface area contributed by atoms with Gasteiger partial charge in [0.15, 0.2) is 0 Å². The van der Waals surface area contributed by atoms with E-state index < -0.39 is 5.41 Å². The van der Waals surface area contributed by atoms with Gasteiger partial charge in [-0.3, -0.25) is 9.59 Å². The summed E-state index contributed by atoms with van der Waals surface area (Å²) in [6.45, 7) is 3.81. The molecular weight excluding hydrogens is 331 g/mol. The number of rotatable bonds is 5. The second kappa shape index (κ2) is 7.28. The molecule has 0 heterocycles. The summed E-state index contributed by atoms with van der Waals surface area (Å²) in [5.41, 5.74) is 1.44. The van der Waals surface area contributed by atoms with Crippen molar-refractivity contribution in [3.8, 4) is 0 Å². The summed E-state index contributed by atoms with van der Waals surface area (Å²) in [7, 11) is 0. The van der Waals surface area contributed by atoms with Gasteiger partial charge in [-0.15, -0.1) is 0 Å². The Kier molecular flexibility index (Phi) is 5.07. The highest BCUT2D eigenvalue weighted by atomic mass is 19.1. The maximum Gasteiger partial charge on any atom is 0.251 e. The molecule has 0 bridgehead atoms. The van der Waals surface area contributed by atoms with Crippen molar-refractivity contribution in [2.75, 3.05) is 5.32 Å². The van der Waals surface area contributed by atoms with Gasteiger partial charge in [0, 0.05) is 17.3 Å². The highest BCUT2D eigenvalue weighted by Gasteiger charge is 2.45. The van der Waals surface area contributed by atoms with E-state index in [4.69, 9.17) is 0 Å². The third-order valence-corrected chi connectivity index (χ3v) is 4.86. The summed E-state index contributed by atoms with van der Waals surface area (Å²) in [6, 6.07) is 13.1. The summed E-state index contributed by atoms with van der Waals surface area (Å²) in [4.78, 5) is 24.9. The smallest absolute Gasteiger partial charge is 0.251 e. The number of halogens is 1. The van der Waals surface area contributed by atoms with E-state index >= 15 is 0 Å². The molecule has 2 aromatic rings. The zero-order valence-electron chi connectivity index (χ0n) is 15.0. The number of anilines is 1. The van der Waals surface area contributed by atoms with Crippen molar-refractivity contribution in [3.05, 3.63) is 65.5 Å². The van der Waals surface area contributed by atoms with E-state index in [0.717, 1.165) is 24.8 Å². The Labute approximate surface area is 152 Å². The minimum absolute atomic E-state index is 0.0658. The molecule has 1 fully saturated rings. The molecule has 3 rings (SSSR count). The Morgan fingerprint density at radius 2 is 1.62 bits per heavy atom. The van der Waals surface area contributed by atoms with E-state index in [1.807, 2.05) is 13.8 Å². The highest BCUT2D eigenvalue weighted by molar-refractivity contribution is 6.00. The zero-order valence-corrected chi connectivity index (χ0v) is 15.0. The van der Waals surface area contributed by atoms with E-state index in [9.17, 15) is 14.0 Å². The standard InChI is InChI=1S/C21H23FN2O2/c1-14(2)23-19(25)15-4-10-18(11-5-15)24-20(26)21(12-3-13-21)16-6-8-17(22)9-7-16/h4-11,14H,3,12-13H2,1-2H3,(H,23,25)(H,24,26). The molecule has 4 nitrogen and oxygen atoms in total. The topological polar surface area (TPSA) is 58.2 Å². The molecule has 26 heavy (non-hydrogen) atoms. The third-order valence-electron chi connectivity index (χ3n) is 4.86. The molecule has 1 aliphatic rings. The fourth-order valence-corrected chi connectivity index (χ4v) is 3.25. The molecule has 5 heteroatoms. The molecule has 0 unspecified atom stereocenters. The van der Waals surface area contributed by atoms with Crippen LogP contribution in [0.1, 0.15) is 49.0 Å². The van der Waals surface area contributed by atoms with Crippen LogP contribution in [0.25, 0.3) is 0 Å². The largest absolute Gasteiger partial charge is 0.350 e. The Morgan fingerprint density at radius 3 is 2.12 bits per heavy atom. The van der Waals surface area contributed by atoms with E-state index in [1.54, 1.807) is 36.4 Å². The van der Waals surface area contributed by atoms with Gasteiger partial charge < -0.3 is 10.6 Å². The van der Waals surface area contributed by atoms with Crippen LogP contribution in [-0.2, 0) is 10.2 Å². The molecule has 1 aliphatic carbocycles. The number of carbonyl (C=O) groups is 2. The number of hydrogen-bond donors (Lipinski definition) is 2. The monoisotopic (exact) mass is 354 g/mol. The molecule has 2 aromatic carbocycles. The lowest BCUT2D eigenvalue weighted by Crippen LogP contribution is -2.46. The quantitative estimate of drug-likeness (QED) is 0.852. The second-order valence-electron chi connectivity index (χ2n) is 7.10. The van der Waals surface area contributed by atoms with Crippen molar-refractivity contribution in [2.45, 2.75) is 44.6 Å². The number of carbonyl (C=O) groups excluding carboxylic acids is 2. The van der Waals surface area contributed by atoms with Crippen LogP contribution in [0.5, 0.6) is 0 Å². The van der Waals surface area contributed by atoms with Crippen LogP contribution in [0, 0.1) is 5.82 Å². The lowest BCUT2D eigenvalue weighted by molar-refractivity contribution is -0.124. The van der Waals surface area contributed by atoms with Gasteiger partial charge >= 0.3 is 0 Å². The SMILES string of the molecule is CC(C)NC(=O)c1ccc(NC(=O)C2(c3ccc(F)cc3)CCC2)cc1. The number of amides is 2. The maximum absolute atomic E-state index is 13.2. The average molecular weight is 354 g/mol. The summed E-state index contributed by atoms with van der Waals surface area (Å²) in [6.07, 6.45) is 2.47.